The average molecular weight is 382 g/mol. The summed E-state index contributed by atoms with van der Waals surface area (Å²) in [5.74, 6) is -1.73. The van der Waals surface area contributed by atoms with E-state index in [1.165, 1.54) is 4.31 Å². The van der Waals surface area contributed by atoms with Gasteiger partial charge in [0.05, 0.1) is 6.10 Å². The third-order valence-electron chi connectivity index (χ3n) is 3.29. The maximum absolute atomic E-state index is 12.5. The van der Waals surface area contributed by atoms with Gasteiger partial charge in [-0.1, -0.05) is 0 Å². The number of carboxylic acids is 1. The Labute approximate surface area is 131 Å². The zero-order valence-electron chi connectivity index (χ0n) is 11.4. The minimum atomic E-state index is -3.77. The molecule has 118 valence electrons. The van der Waals surface area contributed by atoms with E-state index in [9.17, 15) is 13.2 Å². The molecule has 1 aromatic heterocycles. The number of nitrogens with zero attached hydrogens (tertiary/aromatic N) is 1. The van der Waals surface area contributed by atoms with Crippen LogP contribution in [0.4, 0.5) is 0 Å². The third-order valence-corrected chi connectivity index (χ3v) is 6.04. The van der Waals surface area contributed by atoms with Crippen LogP contribution in [0.3, 0.4) is 0 Å². The van der Waals surface area contributed by atoms with Crippen LogP contribution in [-0.4, -0.2) is 49.6 Å². The fourth-order valence-corrected chi connectivity index (χ4v) is 4.62. The van der Waals surface area contributed by atoms with Crippen LogP contribution in [0.2, 0.25) is 0 Å². The fourth-order valence-electron chi connectivity index (χ4n) is 2.25. The maximum Gasteiger partial charge on any atom is 0.371 e. The van der Waals surface area contributed by atoms with Gasteiger partial charge in [-0.2, -0.15) is 4.31 Å². The maximum atomic E-state index is 12.5. The van der Waals surface area contributed by atoms with Crippen LogP contribution in [-0.2, 0) is 14.8 Å². The van der Waals surface area contributed by atoms with Gasteiger partial charge >= 0.3 is 5.97 Å². The van der Waals surface area contributed by atoms with Gasteiger partial charge in [0, 0.05) is 25.8 Å². The average Bonchev–Trinajstić information content (AvgIpc) is 2.83. The van der Waals surface area contributed by atoms with Crippen LogP contribution >= 0.6 is 15.9 Å². The minimum absolute atomic E-state index is 0.0730. The van der Waals surface area contributed by atoms with Crippen molar-refractivity contribution < 1.29 is 27.5 Å². The molecule has 1 aliphatic rings. The summed E-state index contributed by atoms with van der Waals surface area (Å²) >= 11 is 2.96. The number of sulfonamides is 1. The van der Waals surface area contributed by atoms with E-state index in [-0.39, 0.29) is 15.7 Å². The highest BCUT2D eigenvalue weighted by Gasteiger charge is 2.33. The number of halogens is 1. The van der Waals surface area contributed by atoms with Crippen molar-refractivity contribution in [2.24, 2.45) is 0 Å². The summed E-state index contributed by atoms with van der Waals surface area (Å²) in [6.45, 7) is 3.19. The largest absolute Gasteiger partial charge is 0.475 e. The van der Waals surface area contributed by atoms with Crippen LogP contribution < -0.4 is 0 Å². The van der Waals surface area contributed by atoms with Crippen molar-refractivity contribution in [2.45, 2.75) is 30.8 Å². The van der Waals surface area contributed by atoms with Gasteiger partial charge in [-0.25, -0.2) is 13.2 Å². The van der Waals surface area contributed by atoms with Crippen LogP contribution in [0.5, 0.6) is 0 Å². The number of ether oxygens (including phenoxy) is 1. The number of hydrogen-bond donors (Lipinski definition) is 1. The monoisotopic (exact) mass is 381 g/mol. The topological polar surface area (TPSA) is 97.0 Å². The highest BCUT2D eigenvalue weighted by molar-refractivity contribution is 9.10. The van der Waals surface area contributed by atoms with Crippen LogP contribution in [0.1, 0.15) is 30.3 Å². The van der Waals surface area contributed by atoms with Crippen molar-refractivity contribution in [3.63, 3.8) is 0 Å². The predicted molar refractivity (Wildman–Crippen MR) is 76.8 cm³/mol. The Bertz CT molecular complexity index is 618. The van der Waals surface area contributed by atoms with E-state index in [0.29, 0.717) is 32.5 Å². The van der Waals surface area contributed by atoms with E-state index < -0.39 is 21.8 Å². The molecule has 0 spiro atoms. The van der Waals surface area contributed by atoms with E-state index in [0.717, 1.165) is 6.07 Å². The summed E-state index contributed by atoms with van der Waals surface area (Å²) in [4.78, 5) is 10.7. The Morgan fingerprint density at radius 1 is 1.52 bits per heavy atom. The number of carbonyl (C=O) groups is 1. The first-order valence-electron chi connectivity index (χ1n) is 6.50. The molecule has 2 heterocycles. The normalized spacial score (nSPS) is 18.0. The second kappa shape index (κ2) is 6.47. The van der Waals surface area contributed by atoms with Crippen molar-refractivity contribution in [1.82, 2.24) is 4.31 Å². The summed E-state index contributed by atoms with van der Waals surface area (Å²) in [5, 5.41) is 8.85. The molecule has 0 aromatic carbocycles. The summed E-state index contributed by atoms with van der Waals surface area (Å²) in [6.07, 6.45) is 1.31. The van der Waals surface area contributed by atoms with Gasteiger partial charge in [0.25, 0.3) is 0 Å². The highest BCUT2D eigenvalue weighted by Crippen LogP contribution is 2.30. The van der Waals surface area contributed by atoms with Gasteiger partial charge in [-0.15, -0.1) is 0 Å². The lowest BCUT2D eigenvalue weighted by Crippen LogP contribution is -2.40. The molecule has 1 aromatic rings. The first-order chi connectivity index (χ1) is 9.86. The number of furan rings is 1. The van der Waals surface area contributed by atoms with Crippen molar-refractivity contribution >= 4 is 31.9 Å². The predicted octanol–water partition coefficient (Wildman–Crippen LogP) is 1.93. The summed E-state index contributed by atoms with van der Waals surface area (Å²) in [5.41, 5.74) is 0. The molecule has 0 atom stereocenters. The molecule has 0 saturated carbocycles. The number of hydrogen-bond acceptors (Lipinski definition) is 5. The highest BCUT2D eigenvalue weighted by atomic mass is 79.9. The van der Waals surface area contributed by atoms with E-state index in [1.807, 2.05) is 6.92 Å². The molecule has 1 saturated heterocycles. The van der Waals surface area contributed by atoms with Crippen LogP contribution in [0.25, 0.3) is 0 Å². The quantitative estimate of drug-likeness (QED) is 0.836. The lowest BCUT2D eigenvalue weighted by Gasteiger charge is -2.30. The van der Waals surface area contributed by atoms with Crippen molar-refractivity contribution in [3.05, 3.63) is 16.5 Å². The molecule has 7 nitrogen and oxygen atoms in total. The molecule has 21 heavy (non-hydrogen) atoms. The molecular formula is C12H16BrNO6S. The van der Waals surface area contributed by atoms with Gasteiger partial charge in [-0.05, 0) is 35.7 Å². The molecule has 0 bridgehead atoms. The fraction of sp³-hybridized carbons (Fsp3) is 0.583. The Morgan fingerprint density at radius 2 is 2.14 bits per heavy atom. The van der Waals surface area contributed by atoms with Gasteiger partial charge in [0.2, 0.25) is 15.8 Å². The molecule has 1 fully saturated rings. The molecular weight excluding hydrogens is 366 g/mol. The Balaban J connectivity index is 2.18. The smallest absolute Gasteiger partial charge is 0.371 e. The standard InChI is InChI=1S/C12H16BrNO6S/c1-2-19-8-3-5-14(6-4-8)21(17,18)10-7-9(12(15)16)20-11(10)13/h7-8H,2-6H2,1H3,(H,15,16). The Hall–Kier alpha value is -0.900. The van der Waals surface area contributed by atoms with Gasteiger partial charge in [-0.3, -0.25) is 0 Å². The summed E-state index contributed by atoms with van der Waals surface area (Å²) in [7, 11) is -3.77. The number of aromatic carboxylic acids is 1. The molecule has 9 heteroatoms. The number of piperidine rings is 1. The van der Waals surface area contributed by atoms with Crippen LogP contribution in [0.15, 0.2) is 20.0 Å². The first-order valence-corrected chi connectivity index (χ1v) is 8.74. The zero-order valence-corrected chi connectivity index (χ0v) is 13.8. The lowest BCUT2D eigenvalue weighted by atomic mass is 10.1. The van der Waals surface area contributed by atoms with Crippen LogP contribution in [0, 0.1) is 0 Å². The summed E-state index contributed by atoms with van der Waals surface area (Å²) < 4.78 is 36.6. The molecule has 0 radical (unpaired) electrons. The van der Waals surface area contributed by atoms with Gasteiger partial charge in [0.15, 0.2) is 4.67 Å². The van der Waals surface area contributed by atoms with E-state index in [2.05, 4.69) is 15.9 Å². The SMILES string of the molecule is CCOC1CCN(S(=O)(=O)c2cc(C(=O)O)oc2Br)CC1. The molecule has 1 aliphatic heterocycles. The molecule has 2 rings (SSSR count). The number of carboxylic acid groups (broad SMARTS) is 1. The van der Waals surface area contributed by atoms with Gasteiger partial charge < -0.3 is 14.3 Å². The molecule has 1 N–H and O–H groups in total. The van der Waals surface area contributed by atoms with Crippen molar-refractivity contribution in [3.8, 4) is 0 Å². The van der Waals surface area contributed by atoms with Crippen molar-refractivity contribution in [1.29, 1.82) is 0 Å². The Morgan fingerprint density at radius 3 is 2.62 bits per heavy atom. The second-order valence-corrected chi connectivity index (χ2v) is 7.24. The van der Waals surface area contributed by atoms with Gasteiger partial charge in [0.1, 0.15) is 4.90 Å². The second-order valence-electron chi connectivity index (χ2n) is 4.61. The molecule has 0 amide bonds. The zero-order chi connectivity index (χ0) is 15.6. The van der Waals surface area contributed by atoms with E-state index >= 15 is 0 Å². The minimum Gasteiger partial charge on any atom is -0.475 e. The Kier molecular flexibility index (Phi) is 5.07. The van der Waals surface area contributed by atoms with E-state index in [4.69, 9.17) is 14.3 Å². The van der Waals surface area contributed by atoms with E-state index in [1.54, 1.807) is 0 Å². The lowest BCUT2D eigenvalue weighted by molar-refractivity contribution is 0.0290. The first kappa shape index (κ1) is 16.5. The van der Waals surface area contributed by atoms with Crippen molar-refractivity contribution in [2.75, 3.05) is 19.7 Å². The number of rotatable bonds is 5. The molecule has 0 aliphatic carbocycles. The molecule has 0 unspecified atom stereocenters. The summed E-state index contributed by atoms with van der Waals surface area (Å²) in [6, 6.07) is 1.02. The third kappa shape index (κ3) is 3.47.